The molecule has 3 aliphatic carbocycles. The zero-order valence-electron chi connectivity index (χ0n) is 53.4. The van der Waals surface area contributed by atoms with Gasteiger partial charge in [0.15, 0.2) is 5.78 Å². The predicted molar refractivity (Wildman–Crippen MR) is 383 cm³/mol. The summed E-state index contributed by atoms with van der Waals surface area (Å²) < 4.78 is 14.1. The molecule has 1 N–H and O–H groups in total. The van der Waals surface area contributed by atoms with Gasteiger partial charge < -0.3 is 14.6 Å². The highest BCUT2D eigenvalue weighted by molar-refractivity contribution is 7.29. The topological polar surface area (TPSA) is 151 Å². The van der Waals surface area contributed by atoms with Gasteiger partial charge in [-0.1, -0.05) is 192 Å². The van der Waals surface area contributed by atoms with Crippen LogP contribution in [-0.2, 0) is 5.41 Å². The Kier molecular flexibility index (Phi) is 24.3. The van der Waals surface area contributed by atoms with Crippen molar-refractivity contribution in [1.82, 2.24) is 0 Å². The van der Waals surface area contributed by atoms with Crippen molar-refractivity contribution >= 4 is 121 Å². The number of unbranched alkanes of at least 4 members (excludes halogenated alkanes) is 4. The number of thiophene rings is 4. The summed E-state index contributed by atoms with van der Waals surface area (Å²) in [5, 5.41) is 54.4. The van der Waals surface area contributed by atoms with Crippen LogP contribution >= 0.6 is 91.8 Å². The lowest BCUT2D eigenvalue weighted by molar-refractivity contribution is 0.104. The molecule has 5 unspecified atom stereocenters. The van der Waals surface area contributed by atoms with Crippen molar-refractivity contribution in [3.05, 3.63) is 134 Å². The lowest BCUT2D eigenvalue weighted by atomic mass is 9.65. The number of nitrogens with zero attached hydrogens (tertiary/aromatic N) is 4. The number of hydrogen-bond acceptors (Lipinski definition) is 12. The molecule has 0 bridgehead atoms. The molecule has 0 aliphatic heterocycles. The second kappa shape index (κ2) is 31.7. The molecule has 91 heavy (non-hydrogen) atoms. The Labute approximate surface area is 575 Å². The number of ketones is 1. The summed E-state index contributed by atoms with van der Waals surface area (Å²) in [5.74, 6) is 2.76. The first-order valence-electron chi connectivity index (χ1n) is 32.6. The van der Waals surface area contributed by atoms with Gasteiger partial charge in [-0.15, -0.1) is 45.3 Å². The first-order chi connectivity index (χ1) is 44.0. The standard InChI is InChI=1S/C75H80Cl4N4O4S4/c1-9-17-21-43(13-5)35-75(36-44(14-6)22-18-10-2)57-33-65(73-63(86-41-45(15-7)23-19-11-3)27-49(88-73)25-55-67(47(37-80)38-81)51-29-59(76)61(78)31-53(51)69(55)84)90-71(57)72-58(75)34-66(91-72)74-64(87-42-46(16-8)24-20-12-4)28-50(89-74)26-56-68(48(39-82)40-83)52-30-60(77)62(79)32-54(52)70(56)85/h25-34,43-46,69,84H,9-24,35-36,41-42H2,1-8H3/b55-25-,56-26-. The second-order valence-corrected chi connectivity index (χ2v) is 30.6. The Bertz CT molecular complexity index is 3950. The molecule has 8 nitrogen and oxygen atoms in total. The number of aliphatic hydroxyl groups excluding tert-OH is 1. The van der Waals surface area contributed by atoms with Gasteiger partial charge in [0.1, 0.15) is 53.0 Å². The fourth-order valence-electron chi connectivity index (χ4n) is 13.5. The molecule has 0 saturated carbocycles. The quantitative estimate of drug-likeness (QED) is 0.0346. The molecule has 6 aromatic rings. The van der Waals surface area contributed by atoms with E-state index >= 15 is 0 Å². The number of hydrogen-bond donors (Lipinski definition) is 1. The molecule has 4 aromatic heterocycles. The molecule has 16 heteroatoms. The van der Waals surface area contributed by atoms with Crippen LogP contribution in [-0.4, -0.2) is 24.1 Å². The van der Waals surface area contributed by atoms with E-state index in [0.717, 1.165) is 156 Å². The van der Waals surface area contributed by atoms with E-state index in [9.17, 15) is 30.9 Å². The molecule has 0 spiro atoms. The highest BCUT2D eigenvalue weighted by Crippen LogP contribution is 2.65. The number of rotatable bonds is 30. The van der Waals surface area contributed by atoms with E-state index in [1.807, 2.05) is 47.0 Å². The Balaban J connectivity index is 1.27. The highest BCUT2D eigenvalue weighted by atomic mass is 35.5. The van der Waals surface area contributed by atoms with E-state index in [1.54, 1.807) is 46.9 Å². The molecular formula is C75H80Cl4N4O4S4. The van der Waals surface area contributed by atoms with Crippen LogP contribution in [0.1, 0.15) is 225 Å². The van der Waals surface area contributed by atoms with E-state index in [1.165, 1.54) is 26.9 Å². The minimum absolute atomic E-state index is 0.128. The summed E-state index contributed by atoms with van der Waals surface area (Å²) in [7, 11) is 0. The molecule has 476 valence electrons. The van der Waals surface area contributed by atoms with Crippen LogP contribution in [0.4, 0.5) is 0 Å². The maximum Gasteiger partial charge on any atom is 0.194 e. The van der Waals surface area contributed by atoms with Crippen molar-refractivity contribution in [2.24, 2.45) is 23.7 Å². The number of carbonyl (C=O) groups excluding carboxylic acids is 1. The molecule has 5 atom stereocenters. The zero-order chi connectivity index (χ0) is 65.3. The van der Waals surface area contributed by atoms with Gasteiger partial charge in [-0.25, -0.2) is 0 Å². The van der Waals surface area contributed by atoms with Crippen molar-refractivity contribution in [3.63, 3.8) is 0 Å². The van der Waals surface area contributed by atoms with Crippen molar-refractivity contribution in [3.8, 4) is 65.0 Å². The smallest absolute Gasteiger partial charge is 0.194 e. The van der Waals surface area contributed by atoms with E-state index in [4.69, 9.17) is 55.9 Å². The van der Waals surface area contributed by atoms with Crippen molar-refractivity contribution in [1.29, 1.82) is 21.0 Å². The molecule has 3 aliphatic rings. The summed E-state index contributed by atoms with van der Waals surface area (Å²) in [5.41, 5.74) is 4.98. The molecular weight excluding hydrogens is 1290 g/mol. The summed E-state index contributed by atoms with van der Waals surface area (Å²) in [6, 6.07) is 23.7. The van der Waals surface area contributed by atoms with Gasteiger partial charge in [-0.2, -0.15) is 21.0 Å². The molecule has 9 rings (SSSR count). The van der Waals surface area contributed by atoms with Crippen LogP contribution in [0.5, 0.6) is 11.5 Å². The Morgan fingerprint density at radius 3 is 1.37 bits per heavy atom. The minimum atomic E-state index is -1.17. The van der Waals surface area contributed by atoms with Crippen molar-refractivity contribution in [2.75, 3.05) is 13.2 Å². The summed E-state index contributed by atoms with van der Waals surface area (Å²) in [4.78, 5) is 22.7. The Morgan fingerprint density at radius 1 is 0.527 bits per heavy atom. The van der Waals surface area contributed by atoms with Crippen LogP contribution in [0, 0.1) is 69.0 Å². The van der Waals surface area contributed by atoms with Gasteiger partial charge in [0.05, 0.1) is 43.1 Å². The normalized spacial score (nSPS) is 17.7. The predicted octanol–water partition coefficient (Wildman–Crippen LogP) is 24.6. The Hall–Kier alpha value is -5.45. The maximum atomic E-state index is 14.5. The lowest BCUT2D eigenvalue weighted by Crippen LogP contribution is -2.31. The third-order valence-electron chi connectivity index (χ3n) is 18.8. The average Bonchev–Trinajstić information content (AvgIpc) is 1.55. The number of Topliss-reactive ketones (excluding diaryl/α,β-unsaturated/α-hetero) is 1. The Morgan fingerprint density at radius 2 is 0.934 bits per heavy atom. The summed E-state index contributed by atoms with van der Waals surface area (Å²) in [6.07, 6.45) is 21.9. The van der Waals surface area contributed by atoms with E-state index in [0.29, 0.717) is 64.7 Å². The maximum absolute atomic E-state index is 14.5. The van der Waals surface area contributed by atoms with Gasteiger partial charge in [0.2, 0.25) is 0 Å². The molecule has 0 amide bonds. The molecule has 0 radical (unpaired) electrons. The molecule has 2 aromatic carbocycles. The molecule has 0 fully saturated rings. The SMILES string of the molecule is CCCCC(CC)COc1cc(/C=C2\C(=O)c3cc(Cl)c(Cl)cc3C2=C(C#N)C#N)sc1-c1cc2c(s1)-c1sc(-c3sc(/C=C4/C(=C(C#N)C#N)c5cc(Cl)c(Cl)cc5C4O)cc3OCC(CC)CCCC)cc1C2(CC(CC)CCCC)CC(CC)CCCC. The third-order valence-corrected chi connectivity index (χ3v) is 25.2. The van der Waals surface area contributed by atoms with E-state index in [2.05, 4.69) is 85.7 Å². The van der Waals surface area contributed by atoms with Crippen molar-refractivity contribution in [2.45, 2.75) is 182 Å². The van der Waals surface area contributed by atoms with Crippen LogP contribution in [0.3, 0.4) is 0 Å². The first-order valence-corrected chi connectivity index (χ1v) is 37.4. The largest absolute Gasteiger partial charge is 0.492 e. The molecule has 0 saturated heterocycles. The van der Waals surface area contributed by atoms with Crippen LogP contribution in [0.25, 0.3) is 52.6 Å². The zero-order valence-corrected chi connectivity index (χ0v) is 59.7. The number of ether oxygens (including phenoxy) is 2. The molecule has 4 heterocycles. The first kappa shape index (κ1) is 69.9. The summed E-state index contributed by atoms with van der Waals surface area (Å²) >= 11 is 33.0. The number of aliphatic hydroxyl groups is 1. The number of carbonyl (C=O) groups is 1. The van der Waals surface area contributed by atoms with Gasteiger partial charge in [0.25, 0.3) is 0 Å². The third kappa shape index (κ3) is 14.6. The number of fused-ring (bicyclic) bond motifs is 5. The van der Waals surface area contributed by atoms with E-state index in [-0.39, 0.29) is 59.1 Å². The number of allylic oxidation sites excluding steroid dienone is 4. The van der Waals surface area contributed by atoms with Crippen LogP contribution < -0.4 is 9.47 Å². The van der Waals surface area contributed by atoms with Gasteiger partial charge >= 0.3 is 0 Å². The van der Waals surface area contributed by atoms with Crippen molar-refractivity contribution < 1.29 is 19.4 Å². The fourth-order valence-corrected chi connectivity index (χ4v) is 19.2. The highest BCUT2D eigenvalue weighted by Gasteiger charge is 2.49. The number of benzene rings is 2. The fraction of sp³-hybridized carbons (Fsp3) is 0.453. The van der Waals surface area contributed by atoms with Gasteiger partial charge in [-0.3, -0.25) is 4.79 Å². The lowest BCUT2D eigenvalue weighted by Gasteiger charge is -2.37. The number of halogens is 4. The average molecular weight is 1370 g/mol. The number of nitriles is 4. The monoisotopic (exact) mass is 1370 g/mol. The van der Waals surface area contributed by atoms with E-state index < -0.39 is 6.10 Å². The van der Waals surface area contributed by atoms with Crippen LogP contribution in [0.2, 0.25) is 20.1 Å². The van der Waals surface area contributed by atoms with Crippen LogP contribution in [0.15, 0.2) is 70.8 Å². The summed E-state index contributed by atoms with van der Waals surface area (Å²) in [6.45, 7) is 19.2. The second-order valence-electron chi connectivity index (χ2n) is 24.7. The van der Waals surface area contributed by atoms with Gasteiger partial charge in [0, 0.05) is 57.0 Å². The minimum Gasteiger partial charge on any atom is -0.492 e. The van der Waals surface area contributed by atoms with Gasteiger partial charge in [-0.05, 0) is 143 Å².